The van der Waals surface area contributed by atoms with Crippen LogP contribution in [0, 0.1) is 11.8 Å². The molecule has 1 saturated heterocycles. The highest BCUT2D eigenvalue weighted by Crippen LogP contribution is 2.56. The number of fused-ring (bicyclic) bond motifs is 1. The Morgan fingerprint density at radius 3 is 2.50 bits per heavy atom. The van der Waals surface area contributed by atoms with Crippen molar-refractivity contribution in [2.75, 3.05) is 27.3 Å². The van der Waals surface area contributed by atoms with Gasteiger partial charge < -0.3 is 19.1 Å². The number of rotatable bonds is 4. The number of carbonyl (C=O) groups excluding carboxylic acids is 2. The lowest BCUT2D eigenvalue weighted by Gasteiger charge is -2.44. The Balaban J connectivity index is 1.43. The molecule has 0 aromatic heterocycles. The van der Waals surface area contributed by atoms with Gasteiger partial charge in [-0.3, -0.25) is 9.79 Å². The van der Waals surface area contributed by atoms with Gasteiger partial charge in [0.15, 0.2) is 5.76 Å². The molecule has 0 radical (unpaired) electrons. The van der Waals surface area contributed by atoms with Crippen molar-refractivity contribution in [3.8, 4) is 0 Å². The van der Waals surface area contributed by atoms with Gasteiger partial charge in [0, 0.05) is 13.1 Å². The number of benzene rings is 1. The molecule has 2 aliphatic heterocycles. The quantitative estimate of drug-likeness (QED) is 0.597. The maximum absolute atomic E-state index is 13.8. The first-order valence-electron chi connectivity index (χ1n) is 12.9. The summed E-state index contributed by atoms with van der Waals surface area (Å²) in [6, 6.07) is 8.05. The molecule has 3 unspecified atom stereocenters. The first-order valence-corrected chi connectivity index (χ1v) is 12.9. The van der Waals surface area contributed by atoms with Gasteiger partial charge in [0.2, 0.25) is 0 Å². The van der Waals surface area contributed by atoms with E-state index in [1.165, 1.54) is 0 Å². The topological polar surface area (TPSA) is 77.4 Å². The number of ketones is 1. The van der Waals surface area contributed by atoms with E-state index in [9.17, 15) is 9.59 Å². The summed E-state index contributed by atoms with van der Waals surface area (Å²) in [5.74, 6) is 1.47. The second-order valence-electron chi connectivity index (χ2n) is 11.2. The Hall–Kier alpha value is -3.09. The van der Waals surface area contributed by atoms with Crippen molar-refractivity contribution < 1.29 is 23.8 Å². The van der Waals surface area contributed by atoms with Crippen molar-refractivity contribution in [1.82, 2.24) is 4.90 Å². The number of methoxy groups -OCH3 is 2. The Morgan fingerprint density at radius 1 is 1.11 bits per heavy atom. The molecule has 1 fully saturated rings. The van der Waals surface area contributed by atoms with E-state index in [0.717, 1.165) is 36.1 Å². The molecular weight excluding hydrogens is 456 g/mol. The van der Waals surface area contributed by atoms with Crippen LogP contribution in [0.3, 0.4) is 0 Å². The maximum atomic E-state index is 13.8. The molecule has 0 N–H and O–H groups in total. The van der Waals surface area contributed by atoms with E-state index in [2.05, 4.69) is 18.2 Å². The van der Waals surface area contributed by atoms with Gasteiger partial charge in [0.1, 0.15) is 22.6 Å². The third-order valence-electron chi connectivity index (χ3n) is 7.95. The Kier molecular flexibility index (Phi) is 6.21. The molecule has 0 bridgehead atoms. The number of carbonyl (C=O) groups is 2. The highest BCUT2D eigenvalue weighted by Gasteiger charge is 2.63. The van der Waals surface area contributed by atoms with Gasteiger partial charge in [-0.2, -0.15) is 0 Å². The summed E-state index contributed by atoms with van der Waals surface area (Å²) in [5, 5.41) is 0. The molecule has 2 heterocycles. The molecule has 3 atom stereocenters. The number of allylic oxidation sites excluding steroid dienone is 3. The summed E-state index contributed by atoms with van der Waals surface area (Å²) >= 11 is 0. The number of hydrogen-bond donors (Lipinski definition) is 0. The third kappa shape index (κ3) is 3.93. The van der Waals surface area contributed by atoms with E-state index in [-0.39, 0.29) is 30.3 Å². The van der Waals surface area contributed by atoms with E-state index in [1.807, 2.05) is 39.0 Å². The zero-order chi connectivity index (χ0) is 25.7. The van der Waals surface area contributed by atoms with Crippen LogP contribution in [0.25, 0.3) is 6.08 Å². The van der Waals surface area contributed by atoms with Gasteiger partial charge in [-0.25, -0.2) is 4.79 Å². The number of amides is 1. The first-order chi connectivity index (χ1) is 17.2. The van der Waals surface area contributed by atoms with Crippen LogP contribution in [0.1, 0.15) is 57.6 Å². The van der Waals surface area contributed by atoms with Crippen LogP contribution < -0.4 is 0 Å². The van der Waals surface area contributed by atoms with Gasteiger partial charge in [-0.1, -0.05) is 30.3 Å². The van der Waals surface area contributed by atoms with E-state index < -0.39 is 11.0 Å². The van der Waals surface area contributed by atoms with Gasteiger partial charge in [0.25, 0.3) is 0 Å². The van der Waals surface area contributed by atoms with Crippen LogP contribution >= 0.6 is 0 Å². The van der Waals surface area contributed by atoms with Gasteiger partial charge in [0.05, 0.1) is 38.3 Å². The second kappa shape index (κ2) is 9.09. The van der Waals surface area contributed by atoms with Gasteiger partial charge in [-0.15, -0.1) is 0 Å². The fourth-order valence-corrected chi connectivity index (χ4v) is 6.51. The van der Waals surface area contributed by atoms with E-state index >= 15 is 0 Å². The fraction of sp³-hybridized carbons (Fsp3) is 0.552. The molecule has 1 spiro atoms. The van der Waals surface area contributed by atoms with Crippen molar-refractivity contribution in [2.45, 2.75) is 63.5 Å². The number of aliphatic imine (C=N–C) groups is 1. The zero-order valence-corrected chi connectivity index (χ0v) is 21.9. The molecule has 0 saturated carbocycles. The number of piperidine rings is 1. The molecule has 1 amide bonds. The Bertz CT molecular complexity index is 1150. The predicted octanol–water partition coefficient (Wildman–Crippen LogP) is 4.91. The van der Waals surface area contributed by atoms with E-state index in [1.54, 1.807) is 19.1 Å². The molecule has 7 nitrogen and oxygen atoms in total. The lowest BCUT2D eigenvalue weighted by Crippen LogP contribution is -2.52. The van der Waals surface area contributed by atoms with Gasteiger partial charge >= 0.3 is 6.09 Å². The molecular formula is C29H36N2O5. The number of likely N-dealkylation sites (tertiary alicyclic amines) is 1. The SMILES string of the molecule is COC1=C(OC)C23C(=NC(CC4CCN(C(=O)OC(C)(C)C)CC4)C2C(=O)C1)C=Cc1ccccc13. The molecule has 5 rings (SSSR count). The lowest BCUT2D eigenvalue weighted by molar-refractivity contribution is -0.126. The largest absolute Gasteiger partial charge is 0.497 e. The van der Waals surface area contributed by atoms with Crippen molar-refractivity contribution >= 4 is 23.7 Å². The highest BCUT2D eigenvalue weighted by atomic mass is 16.6. The van der Waals surface area contributed by atoms with Gasteiger partial charge in [-0.05, 0) is 63.2 Å². The lowest BCUT2D eigenvalue weighted by atomic mass is 9.58. The Morgan fingerprint density at radius 2 is 1.83 bits per heavy atom. The normalized spacial score (nSPS) is 27.8. The standard InChI is InChI=1S/C29H36N2O5/c1-28(2,3)36-27(33)31-14-12-18(13-15-31)16-21-25-22(32)17-23(34-4)26(35-5)29(25)20-9-7-6-8-19(20)10-11-24(29)30-21/h6-11,18,21,25H,12-17H2,1-5H3. The van der Waals surface area contributed by atoms with Crippen molar-refractivity contribution in [3.63, 3.8) is 0 Å². The van der Waals surface area contributed by atoms with Crippen LogP contribution in [0.4, 0.5) is 4.79 Å². The summed E-state index contributed by atoms with van der Waals surface area (Å²) in [4.78, 5) is 33.3. The fourth-order valence-electron chi connectivity index (χ4n) is 6.51. The van der Waals surface area contributed by atoms with Crippen molar-refractivity contribution in [3.05, 3.63) is 53.0 Å². The first kappa shape index (κ1) is 24.6. The summed E-state index contributed by atoms with van der Waals surface area (Å²) in [6.45, 7) is 6.98. The summed E-state index contributed by atoms with van der Waals surface area (Å²) in [6.07, 6.45) is 6.64. The molecule has 1 aromatic rings. The number of hydrogen-bond acceptors (Lipinski definition) is 6. The average molecular weight is 493 g/mol. The Labute approximate surface area is 213 Å². The molecule has 1 aromatic carbocycles. The number of nitrogens with zero attached hydrogens (tertiary/aromatic N) is 2. The monoisotopic (exact) mass is 492 g/mol. The third-order valence-corrected chi connectivity index (χ3v) is 7.95. The van der Waals surface area contributed by atoms with Crippen LogP contribution in [0.5, 0.6) is 0 Å². The summed E-state index contributed by atoms with van der Waals surface area (Å²) in [5.41, 5.74) is 1.74. The van der Waals surface area contributed by atoms with Crippen LogP contribution in [-0.2, 0) is 24.4 Å². The predicted molar refractivity (Wildman–Crippen MR) is 138 cm³/mol. The molecule has 7 heteroatoms. The number of Topliss-reactive ketones (excluding diaryl/α,β-unsaturated/α-hetero) is 1. The molecule has 36 heavy (non-hydrogen) atoms. The van der Waals surface area contributed by atoms with Crippen LogP contribution in [0.15, 0.2) is 46.9 Å². The zero-order valence-electron chi connectivity index (χ0n) is 21.9. The van der Waals surface area contributed by atoms with Crippen molar-refractivity contribution in [2.24, 2.45) is 16.8 Å². The maximum Gasteiger partial charge on any atom is 0.410 e. The smallest absolute Gasteiger partial charge is 0.410 e. The van der Waals surface area contributed by atoms with Crippen LogP contribution in [0.2, 0.25) is 0 Å². The molecule has 4 aliphatic rings. The molecule has 192 valence electrons. The summed E-state index contributed by atoms with van der Waals surface area (Å²) in [7, 11) is 3.26. The van der Waals surface area contributed by atoms with E-state index in [4.69, 9.17) is 19.2 Å². The minimum absolute atomic E-state index is 0.146. The number of ether oxygens (including phenoxy) is 3. The highest BCUT2D eigenvalue weighted by molar-refractivity contribution is 6.16. The van der Waals surface area contributed by atoms with E-state index in [0.29, 0.717) is 30.5 Å². The van der Waals surface area contributed by atoms with Crippen molar-refractivity contribution in [1.29, 1.82) is 0 Å². The molecule has 2 aliphatic carbocycles. The summed E-state index contributed by atoms with van der Waals surface area (Å²) < 4.78 is 17.3. The minimum Gasteiger partial charge on any atom is -0.497 e. The average Bonchev–Trinajstić information content (AvgIpc) is 3.18. The minimum atomic E-state index is -0.761. The second-order valence-corrected chi connectivity index (χ2v) is 11.2. The van der Waals surface area contributed by atoms with Crippen LogP contribution in [-0.4, -0.2) is 61.4 Å².